The van der Waals surface area contributed by atoms with Crippen molar-refractivity contribution in [2.45, 2.75) is 25.8 Å². The molecule has 3 nitrogen and oxygen atoms in total. The molecule has 0 fully saturated rings. The van der Waals surface area contributed by atoms with Gasteiger partial charge < -0.3 is 9.80 Å². The zero-order chi connectivity index (χ0) is 18.1. The molecular weight excluding hydrogens is 355 g/mol. The van der Waals surface area contributed by atoms with Crippen LogP contribution in [0.5, 0.6) is 0 Å². The van der Waals surface area contributed by atoms with Crippen LogP contribution in [0.25, 0.3) is 0 Å². The van der Waals surface area contributed by atoms with Crippen LogP contribution < -0.4 is 4.90 Å². The Morgan fingerprint density at radius 1 is 1.16 bits per heavy atom. The van der Waals surface area contributed by atoms with Gasteiger partial charge in [-0.25, -0.2) is 0 Å². The van der Waals surface area contributed by atoms with Crippen molar-refractivity contribution in [3.63, 3.8) is 0 Å². The van der Waals surface area contributed by atoms with E-state index in [9.17, 15) is 4.79 Å². The number of benzene rings is 2. The SMILES string of the molecule is Cc1cc(Cl)ccc1CN1CC(CC(=O)N(C)C)c2cc(Cl)ccc21. The Hall–Kier alpha value is -1.71. The Bertz CT molecular complexity index is 804. The minimum absolute atomic E-state index is 0.139. The van der Waals surface area contributed by atoms with E-state index in [2.05, 4.69) is 24.0 Å². The highest BCUT2D eigenvalue weighted by Gasteiger charge is 2.31. The quantitative estimate of drug-likeness (QED) is 0.758. The van der Waals surface area contributed by atoms with Crippen molar-refractivity contribution in [1.82, 2.24) is 4.90 Å². The minimum atomic E-state index is 0.139. The number of fused-ring (bicyclic) bond motifs is 1. The third-order valence-corrected chi connectivity index (χ3v) is 5.27. The molecule has 25 heavy (non-hydrogen) atoms. The van der Waals surface area contributed by atoms with Crippen LogP contribution in [0.1, 0.15) is 29.0 Å². The number of amides is 1. The van der Waals surface area contributed by atoms with Gasteiger partial charge in [0, 0.05) is 55.3 Å². The predicted octanol–water partition coefficient (Wildman–Crippen LogP) is 4.88. The number of carbonyl (C=O) groups excluding carboxylic acids is 1. The summed E-state index contributed by atoms with van der Waals surface area (Å²) in [5.41, 5.74) is 4.74. The molecule has 0 radical (unpaired) electrons. The topological polar surface area (TPSA) is 23.6 Å². The van der Waals surface area contributed by atoms with E-state index in [1.807, 2.05) is 24.3 Å². The van der Waals surface area contributed by atoms with E-state index >= 15 is 0 Å². The van der Waals surface area contributed by atoms with E-state index in [1.165, 1.54) is 11.1 Å². The van der Waals surface area contributed by atoms with E-state index < -0.39 is 0 Å². The monoisotopic (exact) mass is 376 g/mol. The molecule has 132 valence electrons. The van der Waals surface area contributed by atoms with Gasteiger partial charge in [0.15, 0.2) is 0 Å². The molecule has 0 bridgehead atoms. The third-order valence-electron chi connectivity index (χ3n) is 4.80. The van der Waals surface area contributed by atoms with Crippen LogP contribution in [-0.2, 0) is 11.3 Å². The van der Waals surface area contributed by atoms with Crippen LogP contribution in [0.4, 0.5) is 5.69 Å². The summed E-state index contributed by atoms with van der Waals surface area (Å²) in [7, 11) is 3.59. The summed E-state index contributed by atoms with van der Waals surface area (Å²) in [4.78, 5) is 16.2. The van der Waals surface area contributed by atoms with E-state index in [0.29, 0.717) is 11.4 Å². The summed E-state index contributed by atoms with van der Waals surface area (Å²) < 4.78 is 0. The first-order chi connectivity index (χ1) is 11.8. The Morgan fingerprint density at radius 3 is 2.52 bits per heavy atom. The van der Waals surface area contributed by atoms with Crippen LogP contribution >= 0.6 is 23.2 Å². The van der Waals surface area contributed by atoms with Crippen LogP contribution in [0, 0.1) is 6.92 Å². The van der Waals surface area contributed by atoms with Crippen LogP contribution in [-0.4, -0.2) is 31.4 Å². The molecule has 2 aromatic carbocycles. The smallest absolute Gasteiger partial charge is 0.222 e. The van der Waals surface area contributed by atoms with Crippen molar-refractivity contribution in [1.29, 1.82) is 0 Å². The van der Waals surface area contributed by atoms with Crippen molar-refractivity contribution in [2.24, 2.45) is 0 Å². The zero-order valence-corrected chi connectivity index (χ0v) is 16.2. The van der Waals surface area contributed by atoms with Crippen LogP contribution in [0.15, 0.2) is 36.4 Å². The van der Waals surface area contributed by atoms with E-state index in [0.717, 1.165) is 29.4 Å². The summed E-state index contributed by atoms with van der Waals surface area (Å²) >= 11 is 12.3. The van der Waals surface area contributed by atoms with Gasteiger partial charge in [-0.05, 0) is 53.9 Å². The molecule has 1 aliphatic heterocycles. The molecule has 2 aromatic rings. The maximum Gasteiger partial charge on any atom is 0.222 e. The highest BCUT2D eigenvalue weighted by Crippen LogP contribution is 2.40. The Kier molecular flexibility index (Phi) is 5.26. The molecule has 1 heterocycles. The lowest BCUT2D eigenvalue weighted by Gasteiger charge is -2.21. The molecule has 5 heteroatoms. The molecule has 0 spiro atoms. The molecule has 0 saturated carbocycles. The van der Waals surface area contributed by atoms with E-state index in [-0.39, 0.29) is 11.8 Å². The molecular formula is C20H22Cl2N2O. The lowest BCUT2D eigenvalue weighted by molar-refractivity contribution is -0.129. The Labute approximate surface area is 159 Å². The Balaban J connectivity index is 1.88. The zero-order valence-electron chi connectivity index (χ0n) is 14.7. The van der Waals surface area contributed by atoms with Crippen LogP contribution in [0.2, 0.25) is 10.0 Å². The number of hydrogen-bond acceptors (Lipinski definition) is 2. The van der Waals surface area contributed by atoms with Crippen molar-refractivity contribution < 1.29 is 4.79 Å². The lowest BCUT2D eigenvalue weighted by Crippen LogP contribution is -2.26. The fourth-order valence-electron chi connectivity index (χ4n) is 3.36. The number of halogens is 2. The molecule has 0 saturated heterocycles. The Morgan fingerprint density at radius 2 is 1.84 bits per heavy atom. The second kappa shape index (κ2) is 7.27. The van der Waals surface area contributed by atoms with Gasteiger partial charge in [-0.15, -0.1) is 0 Å². The summed E-state index contributed by atoms with van der Waals surface area (Å²) in [6, 6.07) is 12.0. The third kappa shape index (κ3) is 3.94. The van der Waals surface area contributed by atoms with Gasteiger partial charge in [-0.1, -0.05) is 29.3 Å². The molecule has 1 unspecified atom stereocenters. The number of aryl methyl sites for hydroxylation is 1. The molecule has 0 aromatic heterocycles. The average molecular weight is 377 g/mol. The van der Waals surface area contributed by atoms with Crippen molar-refractivity contribution in [3.8, 4) is 0 Å². The van der Waals surface area contributed by atoms with Crippen molar-refractivity contribution in [3.05, 3.63) is 63.1 Å². The number of rotatable bonds is 4. The highest BCUT2D eigenvalue weighted by atomic mass is 35.5. The summed E-state index contributed by atoms with van der Waals surface area (Å²) in [5.74, 6) is 0.302. The van der Waals surface area contributed by atoms with Gasteiger partial charge in [0.1, 0.15) is 0 Å². The van der Waals surface area contributed by atoms with Gasteiger partial charge in [-0.2, -0.15) is 0 Å². The average Bonchev–Trinajstić information content (AvgIpc) is 2.87. The molecule has 1 atom stereocenters. The maximum atomic E-state index is 12.2. The predicted molar refractivity (Wildman–Crippen MR) is 105 cm³/mol. The van der Waals surface area contributed by atoms with Crippen LogP contribution in [0.3, 0.4) is 0 Å². The first kappa shape index (κ1) is 18.1. The second-order valence-electron chi connectivity index (χ2n) is 6.84. The largest absolute Gasteiger partial charge is 0.366 e. The van der Waals surface area contributed by atoms with E-state index in [1.54, 1.807) is 19.0 Å². The van der Waals surface area contributed by atoms with Gasteiger partial charge >= 0.3 is 0 Å². The first-order valence-corrected chi connectivity index (χ1v) is 9.10. The molecule has 1 aliphatic rings. The molecule has 0 N–H and O–H groups in total. The number of carbonyl (C=O) groups is 1. The highest BCUT2D eigenvalue weighted by molar-refractivity contribution is 6.31. The van der Waals surface area contributed by atoms with Crippen molar-refractivity contribution >= 4 is 34.8 Å². The van der Waals surface area contributed by atoms with Gasteiger partial charge in [0.25, 0.3) is 0 Å². The summed E-state index contributed by atoms with van der Waals surface area (Å²) in [5, 5.41) is 1.47. The number of anilines is 1. The maximum absolute atomic E-state index is 12.2. The lowest BCUT2D eigenvalue weighted by atomic mass is 9.97. The fourth-order valence-corrected chi connectivity index (χ4v) is 3.77. The second-order valence-corrected chi connectivity index (χ2v) is 7.72. The number of hydrogen-bond donors (Lipinski definition) is 0. The standard InChI is InChI=1S/C20H22Cl2N2O/c1-13-8-16(21)5-4-14(13)11-24-12-15(9-20(25)23(2)3)18-10-17(22)6-7-19(18)24/h4-8,10,15H,9,11-12H2,1-3H3. The first-order valence-electron chi connectivity index (χ1n) is 8.34. The molecule has 0 aliphatic carbocycles. The van der Waals surface area contributed by atoms with E-state index in [4.69, 9.17) is 23.2 Å². The number of nitrogens with zero attached hydrogens (tertiary/aromatic N) is 2. The van der Waals surface area contributed by atoms with Gasteiger partial charge in [0.2, 0.25) is 5.91 Å². The normalized spacial score (nSPS) is 16.0. The van der Waals surface area contributed by atoms with Gasteiger partial charge in [0.05, 0.1) is 0 Å². The minimum Gasteiger partial charge on any atom is -0.366 e. The molecule has 1 amide bonds. The van der Waals surface area contributed by atoms with Crippen molar-refractivity contribution in [2.75, 3.05) is 25.5 Å². The fraction of sp³-hybridized carbons (Fsp3) is 0.350. The summed E-state index contributed by atoms with van der Waals surface area (Å²) in [6.45, 7) is 3.69. The molecule has 3 rings (SSSR count). The van der Waals surface area contributed by atoms with Gasteiger partial charge in [-0.3, -0.25) is 4.79 Å². The summed E-state index contributed by atoms with van der Waals surface area (Å²) in [6.07, 6.45) is 0.496.